The Hall–Kier alpha value is -1.85. The van der Waals surface area contributed by atoms with Crippen LogP contribution in [0.1, 0.15) is 5.56 Å². The summed E-state index contributed by atoms with van der Waals surface area (Å²) in [6, 6.07) is 0.0757. The van der Waals surface area contributed by atoms with E-state index in [1.54, 1.807) is 0 Å². The Morgan fingerprint density at radius 1 is 1.13 bits per heavy atom. The first-order valence-electron chi connectivity index (χ1n) is 3.74. The van der Waals surface area contributed by atoms with Gasteiger partial charge in [0, 0.05) is 12.1 Å². The van der Waals surface area contributed by atoms with Gasteiger partial charge in [-0.05, 0) is 6.08 Å². The molecule has 0 saturated carbocycles. The van der Waals surface area contributed by atoms with Crippen molar-refractivity contribution in [3.63, 3.8) is 0 Å². The topological polar surface area (TPSA) is 43.1 Å². The van der Waals surface area contributed by atoms with Gasteiger partial charge in [-0.25, -0.2) is 17.6 Å². The van der Waals surface area contributed by atoms with Crippen molar-refractivity contribution in [2.45, 2.75) is 0 Å². The number of rotatable bonds is 2. The fourth-order valence-corrected chi connectivity index (χ4v) is 0.903. The van der Waals surface area contributed by atoms with Crippen molar-refractivity contribution >= 4 is 12.0 Å². The summed E-state index contributed by atoms with van der Waals surface area (Å²) in [6.45, 7) is 0. The van der Waals surface area contributed by atoms with Crippen LogP contribution in [-0.4, -0.2) is 5.91 Å². The van der Waals surface area contributed by atoms with E-state index in [4.69, 9.17) is 0 Å². The molecule has 0 aliphatic carbocycles. The zero-order valence-electron chi connectivity index (χ0n) is 7.23. The molecule has 2 N–H and O–H groups in total. The maximum atomic E-state index is 12.9. The number of primary amides is 1. The molecule has 0 radical (unpaired) electrons. The second-order valence-corrected chi connectivity index (χ2v) is 2.62. The third-order valence-corrected chi connectivity index (χ3v) is 1.56. The summed E-state index contributed by atoms with van der Waals surface area (Å²) >= 11 is 0. The van der Waals surface area contributed by atoms with Crippen molar-refractivity contribution in [1.29, 1.82) is 0 Å². The van der Waals surface area contributed by atoms with Crippen LogP contribution < -0.4 is 5.73 Å². The second-order valence-electron chi connectivity index (χ2n) is 2.62. The molecule has 0 heterocycles. The number of halogens is 4. The lowest BCUT2D eigenvalue weighted by Gasteiger charge is -2.01. The number of amides is 1. The molecule has 2 nitrogen and oxygen atoms in total. The predicted octanol–water partition coefficient (Wildman–Crippen LogP) is 1.74. The molecule has 0 atom stereocenters. The molecule has 6 heteroatoms. The third-order valence-electron chi connectivity index (χ3n) is 1.56. The molecule has 1 aromatic carbocycles. The molecule has 0 unspecified atom stereocenters. The van der Waals surface area contributed by atoms with Gasteiger partial charge in [-0.3, -0.25) is 4.79 Å². The smallest absolute Gasteiger partial charge is 0.241 e. The van der Waals surface area contributed by atoms with Gasteiger partial charge in [0.15, 0.2) is 23.3 Å². The lowest BCUT2D eigenvalue weighted by molar-refractivity contribution is -0.113. The Balaban J connectivity index is 3.33. The van der Waals surface area contributed by atoms with Crippen molar-refractivity contribution in [3.05, 3.63) is 41.0 Å². The molecule has 15 heavy (non-hydrogen) atoms. The lowest BCUT2D eigenvalue weighted by Crippen LogP contribution is -2.06. The molecule has 0 fully saturated rings. The highest BCUT2D eigenvalue weighted by Gasteiger charge is 2.16. The summed E-state index contributed by atoms with van der Waals surface area (Å²) in [6.07, 6.45) is 1.17. The standard InChI is InChI=1S/C9H5F4NO/c10-5-3-6(11)9(13)4(8(5)12)1-2-7(14)15/h1-3H,(H2,14,15). The highest BCUT2D eigenvalue weighted by molar-refractivity contribution is 5.90. The van der Waals surface area contributed by atoms with Gasteiger partial charge in [0.25, 0.3) is 0 Å². The Labute approximate surface area is 82.0 Å². The Morgan fingerprint density at radius 2 is 1.60 bits per heavy atom. The van der Waals surface area contributed by atoms with Gasteiger partial charge >= 0.3 is 0 Å². The molecule has 1 rings (SSSR count). The molecule has 0 aromatic heterocycles. The number of hydrogen-bond acceptors (Lipinski definition) is 1. The van der Waals surface area contributed by atoms with Crippen LogP contribution in [-0.2, 0) is 4.79 Å². The number of carbonyl (C=O) groups excluding carboxylic acids is 1. The van der Waals surface area contributed by atoms with Crippen molar-refractivity contribution in [1.82, 2.24) is 0 Å². The maximum absolute atomic E-state index is 12.9. The fraction of sp³-hybridized carbons (Fsp3) is 0. The van der Waals surface area contributed by atoms with E-state index in [1.807, 2.05) is 0 Å². The summed E-state index contributed by atoms with van der Waals surface area (Å²) in [5, 5.41) is 0. The van der Waals surface area contributed by atoms with Gasteiger partial charge in [0.2, 0.25) is 5.91 Å². The summed E-state index contributed by atoms with van der Waals surface area (Å²) in [4.78, 5) is 10.3. The number of hydrogen-bond donors (Lipinski definition) is 1. The largest absolute Gasteiger partial charge is 0.366 e. The predicted molar refractivity (Wildman–Crippen MR) is 44.5 cm³/mol. The zero-order valence-corrected chi connectivity index (χ0v) is 7.23. The van der Waals surface area contributed by atoms with E-state index in [2.05, 4.69) is 5.73 Å². The van der Waals surface area contributed by atoms with Crippen LogP contribution >= 0.6 is 0 Å². The molecular formula is C9H5F4NO. The first kappa shape index (κ1) is 11.2. The van der Waals surface area contributed by atoms with E-state index in [1.165, 1.54) is 0 Å². The molecule has 0 bridgehead atoms. The Bertz CT molecular complexity index is 416. The van der Waals surface area contributed by atoms with E-state index in [0.717, 1.165) is 0 Å². The Kier molecular flexibility index (Phi) is 3.08. The first-order valence-corrected chi connectivity index (χ1v) is 3.74. The van der Waals surface area contributed by atoms with Gasteiger partial charge in [0.05, 0.1) is 5.56 Å². The van der Waals surface area contributed by atoms with Crippen LogP contribution in [0.15, 0.2) is 12.1 Å². The number of benzene rings is 1. The molecule has 1 aromatic rings. The lowest BCUT2D eigenvalue weighted by atomic mass is 10.1. The maximum Gasteiger partial charge on any atom is 0.241 e. The Morgan fingerprint density at radius 3 is 2.00 bits per heavy atom. The molecule has 0 saturated heterocycles. The van der Waals surface area contributed by atoms with Crippen LogP contribution in [0.3, 0.4) is 0 Å². The summed E-state index contributed by atoms with van der Waals surface area (Å²) in [5.41, 5.74) is 3.68. The highest BCUT2D eigenvalue weighted by Crippen LogP contribution is 2.20. The van der Waals surface area contributed by atoms with Crippen molar-refractivity contribution in [2.75, 3.05) is 0 Å². The van der Waals surface area contributed by atoms with E-state index in [0.29, 0.717) is 12.2 Å². The van der Waals surface area contributed by atoms with E-state index in [-0.39, 0.29) is 6.07 Å². The van der Waals surface area contributed by atoms with Crippen LogP contribution in [0.4, 0.5) is 17.6 Å². The summed E-state index contributed by atoms with van der Waals surface area (Å²) < 4.78 is 51.0. The third kappa shape index (κ3) is 2.34. The highest BCUT2D eigenvalue weighted by atomic mass is 19.2. The van der Waals surface area contributed by atoms with E-state index < -0.39 is 34.7 Å². The van der Waals surface area contributed by atoms with Gasteiger partial charge in [-0.2, -0.15) is 0 Å². The molecule has 0 spiro atoms. The van der Waals surface area contributed by atoms with Crippen LogP contribution in [0, 0.1) is 23.3 Å². The van der Waals surface area contributed by atoms with Crippen LogP contribution in [0.5, 0.6) is 0 Å². The minimum absolute atomic E-state index is 0.0757. The summed E-state index contributed by atoms with van der Waals surface area (Å²) in [5.74, 6) is -7.23. The monoisotopic (exact) mass is 219 g/mol. The van der Waals surface area contributed by atoms with Crippen LogP contribution in [0.2, 0.25) is 0 Å². The zero-order chi connectivity index (χ0) is 11.6. The second kappa shape index (κ2) is 4.12. The SMILES string of the molecule is NC(=O)C=Cc1c(F)c(F)cc(F)c1F. The number of carbonyl (C=O) groups is 1. The van der Waals surface area contributed by atoms with Gasteiger partial charge in [-0.1, -0.05) is 0 Å². The minimum atomic E-state index is -1.58. The van der Waals surface area contributed by atoms with E-state index in [9.17, 15) is 22.4 Å². The molecule has 0 aliphatic rings. The van der Waals surface area contributed by atoms with Gasteiger partial charge < -0.3 is 5.73 Å². The van der Waals surface area contributed by atoms with E-state index >= 15 is 0 Å². The number of nitrogens with two attached hydrogens (primary N) is 1. The average molecular weight is 219 g/mol. The van der Waals surface area contributed by atoms with Crippen molar-refractivity contribution in [2.24, 2.45) is 5.73 Å². The quantitative estimate of drug-likeness (QED) is 0.459. The van der Waals surface area contributed by atoms with Gasteiger partial charge in [0.1, 0.15) is 0 Å². The average Bonchev–Trinajstić information content (AvgIpc) is 2.14. The summed E-state index contributed by atoms with van der Waals surface area (Å²) in [7, 11) is 0. The molecular weight excluding hydrogens is 214 g/mol. The normalized spacial score (nSPS) is 10.9. The molecule has 0 aliphatic heterocycles. The molecule has 80 valence electrons. The molecule has 1 amide bonds. The van der Waals surface area contributed by atoms with Gasteiger partial charge in [-0.15, -0.1) is 0 Å². The minimum Gasteiger partial charge on any atom is -0.366 e. The van der Waals surface area contributed by atoms with Crippen LogP contribution in [0.25, 0.3) is 6.08 Å². The first-order chi connectivity index (χ1) is 6.93. The van der Waals surface area contributed by atoms with Crippen molar-refractivity contribution in [3.8, 4) is 0 Å². The fourth-order valence-electron chi connectivity index (χ4n) is 0.903. The van der Waals surface area contributed by atoms with Crippen molar-refractivity contribution < 1.29 is 22.4 Å².